The normalized spacial score (nSPS) is 10.7. The van der Waals surface area contributed by atoms with Gasteiger partial charge in [0.05, 0.1) is 11.8 Å². The summed E-state index contributed by atoms with van der Waals surface area (Å²) in [6.45, 7) is 7.40. The molecule has 0 saturated carbocycles. The maximum Gasteiger partial charge on any atom is 0.161 e. The average Bonchev–Trinajstić information content (AvgIpc) is 2.90. The van der Waals surface area contributed by atoms with Gasteiger partial charge in [-0.3, -0.25) is 0 Å². The fourth-order valence-electron chi connectivity index (χ4n) is 3.67. The molecular formula is C35H40O2. The molecule has 2 atom stereocenters. The zero-order valence-electron chi connectivity index (χ0n) is 22.8. The summed E-state index contributed by atoms with van der Waals surface area (Å²) in [5, 5.41) is 0. The van der Waals surface area contributed by atoms with Crippen LogP contribution in [0.3, 0.4) is 0 Å². The molecular weight excluding hydrogens is 452 g/mol. The predicted molar refractivity (Wildman–Crippen MR) is 155 cm³/mol. The molecule has 0 aliphatic heterocycles. The van der Waals surface area contributed by atoms with Crippen molar-refractivity contribution in [3.05, 3.63) is 23.8 Å². The Bertz CT molecular complexity index is 1130. The monoisotopic (exact) mass is 492 g/mol. The number of hydrogen-bond acceptors (Lipinski definition) is 2. The number of hydrogen-bond donors (Lipinski definition) is 0. The minimum absolute atomic E-state index is 0.0733. The Kier molecular flexibility index (Phi) is 18.1. The van der Waals surface area contributed by atoms with E-state index >= 15 is 0 Å². The molecule has 192 valence electrons. The van der Waals surface area contributed by atoms with Gasteiger partial charge >= 0.3 is 0 Å². The van der Waals surface area contributed by atoms with E-state index in [1.54, 1.807) is 0 Å². The van der Waals surface area contributed by atoms with Gasteiger partial charge in [-0.25, -0.2) is 0 Å². The lowest BCUT2D eigenvalue weighted by Gasteiger charge is -2.18. The molecule has 0 saturated heterocycles. The molecule has 2 heteroatoms. The molecule has 0 N–H and O–H groups in total. The minimum atomic E-state index is 0.0733. The third-order valence-corrected chi connectivity index (χ3v) is 5.74. The van der Waals surface area contributed by atoms with Crippen molar-refractivity contribution in [3.8, 4) is 83.6 Å². The van der Waals surface area contributed by atoms with Crippen molar-refractivity contribution in [1.29, 1.82) is 0 Å². The van der Waals surface area contributed by atoms with E-state index in [4.69, 9.17) is 22.3 Å². The summed E-state index contributed by atoms with van der Waals surface area (Å²) in [5.41, 5.74) is 1.10. The second-order valence-corrected chi connectivity index (χ2v) is 8.99. The predicted octanol–water partition coefficient (Wildman–Crippen LogP) is 7.21. The lowest BCUT2D eigenvalue weighted by molar-refractivity contribution is 0.229. The van der Waals surface area contributed by atoms with Gasteiger partial charge in [0.2, 0.25) is 0 Å². The summed E-state index contributed by atoms with van der Waals surface area (Å²) in [7, 11) is 0. The third kappa shape index (κ3) is 15.7. The smallest absolute Gasteiger partial charge is 0.161 e. The lowest BCUT2D eigenvalue weighted by atomic mass is 10.0. The first-order valence-corrected chi connectivity index (χ1v) is 13.4. The van der Waals surface area contributed by atoms with Gasteiger partial charge in [0, 0.05) is 0 Å². The number of benzene rings is 1. The molecule has 2 unspecified atom stereocenters. The summed E-state index contributed by atoms with van der Waals surface area (Å²) >= 11 is 0. The molecule has 0 spiro atoms. The first-order chi connectivity index (χ1) is 18.1. The van der Waals surface area contributed by atoms with Crippen molar-refractivity contribution in [2.24, 2.45) is 11.8 Å². The Morgan fingerprint density at radius 2 is 1.16 bits per heavy atom. The van der Waals surface area contributed by atoms with E-state index in [-0.39, 0.29) is 11.8 Å². The van der Waals surface area contributed by atoms with E-state index in [0.717, 1.165) is 37.0 Å². The molecule has 2 nitrogen and oxygen atoms in total. The van der Waals surface area contributed by atoms with Crippen LogP contribution in [0.25, 0.3) is 0 Å². The van der Waals surface area contributed by atoms with E-state index < -0.39 is 0 Å². The fourth-order valence-corrected chi connectivity index (χ4v) is 3.67. The van der Waals surface area contributed by atoms with Crippen molar-refractivity contribution < 1.29 is 9.47 Å². The molecule has 0 amide bonds. The maximum atomic E-state index is 6.26. The number of aryl methyl sites for hydroxylation is 1. The van der Waals surface area contributed by atoms with E-state index in [1.807, 2.05) is 25.1 Å². The van der Waals surface area contributed by atoms with E-state index in [0.29, 0.717) is 19.0 Å². The van der Waals surface area contributed by atoms with Crippen LogP contribution in [0, 0.1) is 90.8 Å². The highest BCUT2D eigenvalue weighted by Crippen LogP contribution is 2.30. The topological polar surface area (TPSA) is 18.5 Å². The quantitative estimate of drug-likeness (QED) is 0.179. The maximum absolute atomic E-state index is 6.26. The minimum Gasteiger partial charge on any atom is -0.488 e. The molecule has 0 bridgehead atoms. The standard InChI is InChI=1S/C35H40O2/c1-6-10-14-18-22-32(23-19-15-11-7-2)29-36-34-27-26-31(5)28-35(34)37-30-33(24-20-16-12-8-3)25-21-17-13-9-4/h1,3,26-28,32-33H,7,9,11,13,15,17,19,21,23,25,29-30H2,2,4-5H3. The van der Waals surface area contributed by atoms with E-state index in [1.165, 1.54) is 38.5 Å². The zero-order chi connectivity index (χ0) is 27.0. The zero-order valence-corrected chi connectivity index (χ0v) is 22.8. The summed E-state index contributed by atoms with van der Waals surface area (Å²) in [6.07, 6.45) is 21.8. The average molecular weight is 493 g/mol. The Morgan fingerprint density at radius 1 is 0.649 bits per heavy atom. The molecule has 1 aromatic rings. The lowest BCUT2D eigenvalue weighted by Crippen LogP contribution is -2.14. The highest BCUT2D eigenvalue weighted by molar-refractivity contribution is 5.43. The van der Waals surface area contributed by atoms with Gasteiger partial charge in [-0.1, -0.05) is 83.1 Å². The molecule has 0 aromatic heterocycles. The van der Waals surface area contributed by atoms with Crippen LogP contribution in [0.5, 0.6) is 11.5 Å². The van der Waals surface area contributed by atoms with Gasteiger partial charge < -0.3 is 9.47 Å². The van der Waals surface area contributed by atoms with Crippen molar-refractivity contribution in [2.45, 2.75) is 85.0 Å². The molecule has 0 aliphatic rings. The molecule has 0 radical (unpaired) electrons. The number of terminal acetylenes is 2. The van der Waals surface area contributed by atoms with Crippen LogP contribution in [-0.2, 0) is 0 Å². The van der Waals surface area contributed by atoms with Crippen LogP contribution in [0.1, 0.15) is 83.6 Å². The van der Waals surface area contributed by atoms with Crippen molar-refractivity contribution in [2.75, 3.05) is 13.2 Å². The first-order valence-electron chi connectivity index (χ1n) is 13.4. The molecule has 0 fully saturated rings. The van der Waals surface area contributed by atoms with Crippen LogP contribution in [0.15, 0.2) is 18.2 Å². The van der Waals surface area contributed by atoms with Crippen molar-refractivity contribution in [3.63, 3.8) is 0 Å². The van der Waals surface area contributed by atoms with Crippen LogP contribution in [-0.4, -0.2) is 13.2 Å². The molecule has 1 rings (SSSR count). The SMILES string of the molecule is C#CC#CC#CC(CCCCCC)COc1ccc(C)cc1OCC(C#CC#CC#C)CCCCCC. The highest BCUT2D eigenvalue weighted by Gasteiger charge is 2.13. The summed E-state index contributed by atoms with van der Waals surface area (Å²) in [5.74, 6) is 28.9. The molecule has 37 heavy (non-hydrogen) atoms. The van der Waals surface area contributed by atoms with Gasteiger partial charge in [-0.05, 0) is 84.8 Å². The highest BCUT2D eigenvalue weighted by atomic mass is 16.5. The van der Waals surface area contributed by atoms with Crippen molar-refractivity contribution >= 4 is 0 Å². The summed E-state index contributed by atoms with van der Waals surface area (Å²) in [4.78, 5) is 0. The van der Waals surface area contributed by atoms with Crippen LogP contribution in [0.2, 0.25) is 0 Å². The van der Waals surface area contributed by atoms with Gasteiger partial charge in [-0.15, -0.1) is 12.8 Å². The second-order valence-electron chi connectivity index (χ2n) is 8.99. The number of ether oxygens (including phenoxy) is 2. The first kappa shape index (κ1) is 31.2. The van der Waals surface area contributed by atoms with Gasteiger partial charge in [0.15, 0.2) is 11.5 Å². The Hall–Kier alpha value is -3.82. The van der Waals surface area contributed by atoms with Gasteiger partial charge in [-0.2, -0.15) is 0 Å². The van der Waals surface area contributed by atoms with E-state index in [2.05, 4.69) is 73.1 Å². The van der Waals surface area contributed by atoms with Gasteiger partial charge in [0.25, 0.3) is 0 Å². The van der Waals surface area contributed by atoms with Crippen LogP contribution in [0.4, 0.5) is 0 Å². The largest absolute Gasteiger partial charge is 0.488 e. The molecule has 0 heterocycles. The Balaban J connectivity index is 2.92. The summed E-state index contributed by atoms with van der Waals surface area (Å²) in [6, 6.07) is 6.00. The third-order valence-electron chi connectivity index (χ3n) is 5.74. The number of rotatable bonds is 16. The number of unbranched alkanes of at least 4 members (excludes halogenated alkanes) is 6. The van der Waals surface area contributed by atoms with Gasteiger partial charge in [0.1, 0.15) is 13.2 Å². The molecule has 0 aliphatic carbocycles. The fraction of sp³-hybridized carbons (Fsp3) is 0.486. The van der Waals surface area contributed by atoms with Crippen LogP contribution >= 0.6 is 0 Å². The second kappa shape index (κ2) is 21.5. The van der Waals surface area contributed by atoms with Crippen molar-refractivity contribution in [1.82, 2.24) is 0 Å². The summed E-state index contributed by atoms with van der Waals surface area (Å²) < 4.78 is 12.5. The Labute approximate surface area is 226 Å². The Morgan fingerprint density at radius 3 is 1.65 bits per heavy atom. The van der Waals surface area contributed by atoms with E-state index in [9.17, 15) is 0 Å². The van der Waals surface area contributed by atoms with Crippen LogP contribution < -0.4 is 9.47 Å². The molecule has 1 aromatic carbocycles.